The standard InChI is InChI=1S/C16H25FN2S/c1-3-5-9-19(10-6-4-2)12-13-7-8-14(17)11-15(13)16(18)20/h7-8,11H,3-6,9-10,12H2,1-2H3,(H2,18,20). The van der Waals surface area contributed by atoms with Crippen LogP contribution >= 0.6 is 12.2 Å². The van der Waals surface area contributed by atoms with E-state index < -0.39 is 0 Å². The van der Waals surface area contributed by atoms with E-state index in [9.17, 15) is 4.39 Å². The van der Waals surface area contributed by atoms with E-state index in [0.717, 1.165) is 25.2 Å². The van der Waals surface area contributed by atoms with Gasteiger partial charge in [-0.2, -0.15) is 0 Å². The molecule has 1 aromatic carbocycles. The Labute approximate surface area is 127 Å². The molecule has 0 heterocycles. The number of rotatable bonds is 9. The van der Waals surface area contributed by atoms with E-state index in [-0.39, 0.29) is 10.8 Å². The van der Waals surface area contributed by atoms with Gasteiger partial charge < -0.3 is 5.73 Å². The topological polar surface area (TPSA) is 29.3 Å². The molecule has 0 aliphatic carbocycles. The summed E-state index contributed by atoms with van der Waals surface area (Å²) in [5.41, 5.74) is 7.39. The van der Waals surface area contributed by atoms with Gasteiger partial charge in [-0.25, -0.2) is 4.39 Å². The first-order valence-electron chi connectivity index (χ1n) is 7.39. The van der Waals surface area contributed by atoms with Gasteiger partial charge in [0.05, 0.1) is 0 Å². The third-order valence-corrected chi connectivity index (χ3v) is 3.61. The highest BCUT2D eigenvalue weighted by molar-refractivity contribution is 7.80. The molecule has 2 N–H and O–H groups in total. The number of hydrogen-bond donors (Lipinski definition) is 1. The van der Waals surface area contributed by atoms with Crippen molar-refractivity contribution in [2.45, 2.75) is 46.1 Å². The zero-order valence-corrected chi connectivity index (χ0v) is 13.3. The highest BCUT2D eigenvalue weighted by Gasteiger charge is 2.11. The first-order valence-corrected chi connectivity index (χ1v) is 7.79. The van der Waals surface area contributed by atoms with Crippen LogP contribution in [0.5, 0.6) is 0 Å². The van der Waals surface area contributed by atoms with Crippen LogP contribution in [0.3, 0.4) is 0 Å². The molecule has 0 fully saturated rings. The molecule has 0 bridgehead atoms. The van der Waals surface area contributed by atoms with Crippen molar-refractivity contribution in [2.24, 2.45) is 5.73 Å². The average molecular weight is 296 g/mol. The predicted octanol–water partition coefficient (Wildman–Crippen LogP) is 3.86. The molecular formula is C16H25FN2S. The summed E-state index contributed by atoms with van der Waals surface area (Å²) in [6, 6.07) is 4.72. The minimum absolute atomic E-state index is 0.269. The smallest absolute Gasteiger partial charge is 0.123 e. The normalized spacial score (nSPS) is 11.0. The third-order valence-electron chi connectivity index (χ3n) is 3.39. The molecule has 0 saturated heterocycles. The zero-order chi connectivity index (χ0) is 15.0. The lowest BCUT2D eigenvalue weighted by molar-refractivity contribution is 0.257. The van der Waals surface area contributed by atoms with E-state index in [2.05, 4.69) is 18.7 Å². The number of benzene rings is 1. The lowest BCUT2D eigenvalue weighted by Gasteiger charge is -2.23. The van der Waals surface area contributed by atoms with Crippen LogP contribution in [0.2, 0.25) is 0 Å². The van der Waals surface area contributed by atoms with E-state index in [1.165, 1.54) is 37.8 Å². The Hall–Kier alpha value is -1.00. The van der Waals surface area contributed by atoms with Crippen molar-refractivity contribution in [3.8, 4) is 0 Å². The van der Waals surface area contributed by atoms with Gasteiger partial charge in [-0.15, -0.1) is 0 Å². The third kappa shape index (κ3) is 5.55. The van der Waals surface area contributed by atoms with Crippen LogP contribution in [0.25, 0.3) is 0 Å². The van der Waals surface area contributed by atoms with Gasteiger partial charge in [-0.1, -0.05) is 45.0 Å². The molecule has 0 spiro atoms. The second-order valence-corrected chi connectivity index (χ2v) is 5.59. The molecule has 1 aromatic rings. The van der Waals surface area contributed by atoms with Crippen molar-refractivity contribution in [1.82, 2.24) is 4.90 Å². The highest BCUT2D eigenvalue weighted by Crippen LogP contribution is 2.15. The number of nitrogens with two attached hydrogens (primary N) is 1. The number of thiocarbonyl (C=S) groups is 1. The van der Waals surface area contributed by atoms with Crippen molar-refractivity contribution in [3.05, 3.63) is 35.1 Å². The average Bonchev–Trinajstić information content (AvgIpc) is 2.43. The van der Waals surface area contributed by atoms with Gasteiger partial charge in [0.1, 0.15) is 10.8 Å². The summed E-state index contributed by atoms with van der Waals surface area (Å²) in [7, 11) is 0. The molecule has 0 aliphatic heterocycles. The Morgan fingerprint density at radius 1 is 1.20 bits per heavy atom. The summed E-state index contributed by atoms with van der Waals surface area (Å²) in [5.74, 6) is -0.287. The van der Waals surface area contributed by atoms with Crippen LogP contribution in [0.1, 0.15) is 50.7 Å². The van der Waals surface area contributed by atoms with Gasteiger partial charge in [-0.05, 0) is 43.6 Å². The van der Waals surface area contributed by atoms with Gasteiger partial charge in [0, 0.05) is 12.1 Å². The second kappa shape index (κ2) is 9.03. The molecule has 0 atom stereocenters. The minimum Gasteiger partial charge on any atom is -0.389 e. The largest absolute Gasteiger partial charge is 0.389 e. The van der Waals surface area contributed by atoms with Crippen LogP contribution in [0.15, 0.2) is 18.2 Å². The Bertz CT molecular complexity index is 426. The Morgan fingerprint density at radius 2 is 1.80 bits per heavy atom. The van der Waals surface area contributed by atoms with Crippen molar-refractivity contribution in [1.29, 1.82) is 0 Å². The summed E-state index contributed by atoms with van der Waals surface area (Å²) in [4.78, 5) is 2.67. The van der Waals surface area contributed by atoms with Crippen molar-refractivity contribution in [2.75, 3.05) is 13.1 Å². The quantitative estimate of drug-likeness (QED) is 0.702. The number of halogens is 1. The lowest BCUT2D eigenvalue weighted by atomic mass is 10.1. The molecule has 0 unspecified atom stereocenters. The van der Waals surface area contributed by atoms with Gasteiger partial charge in [0.2, 0.25) is 0 Å². The number of hydrogen-bond acceptors (Lipinski definition) is 2. The van der Waals surface area contributed by atoms with E-state index in [1.54, 1.807) is 6.07 Å². The number of nitrogens with zero attached hydrogens (tertiary/aromatic N) is 1. The van der Waals surface area contributed by atoms with Crippen molar-refractivity contribution < 1.29 is 4.39 Å². The van der Waals surface area contributed by atoms with Crippen LogP contribution in [0, 0.1) is 5.82 Å². The maximum absolute atomic E-state index is 13.3. The summed E-state index contributed by atoms with van der Waals surface area (Å²) in [6.45, 7) is 7.29. The van der Waals surface area contributed by atoms with Gasteiger partial charge in [0.15, 0.2) is 0 Å². The SMILES string of the molecule is CCCCN(CCCC)Cc1ccc(F)cc1C(N)=S. The van der Waals surface area contributed by atoms with E-state index in [0.29, 0.717) is 5.56 Å². The van der Waals surface area contributed by atoms with Crippen LogP contribution in [-0.2, 0) is 6.54 Å². The Morgan fingerprint density at radius 3 is 2.30 bits per heavy atom. The van der Waals surface area contributed by atoms with Crippen molar-refractivity contribution >= 4 is 17.2 Å². The molecule has 0 aliphatic rings. The van der Waals surface area contributed by atoms with Crippen LogP contribution < -0.4 is 5.73 Å². The first-order chi connectivity index (χ1) is 9.58. The van der Waals surface area contributed by atoms with E-state index >= 15 is 0 Å². The molecule has 2 nitrogen and oxygen atoms in total. The molecule has 20 heavy (non-hydrogen) atoms. The summed E-state index contributed by atoms with van der Waals surface area (Å²) >= 11 is 5.03. The molecule has 0 saturated carbocycles. The van der Waals surface area contributed by atoms with Gasteiger partial charge >= 0.3 is 0 Å². The first kappa shape index (κ1) is 17.1. The van der Waals surface area contributed by atoms with E-state index in [4.69, 9.17) is 18.0 Å². The van der Waals surface area contributed by atoms with E-state index in [1.807, 2.05) is 0 Å². The molecular weight excluding hydrogens is 271 g/mol. The fourth-order valence-corrected chi connectivity index (χ4v) is 2.38. The molecule has 0 aromatic heterocycles. The Kier molecular flexibility index (Phi) is 7.70. The molecule has 1 rings (SSSR count). The van der Waals surface area contributed by atoms with Crippen LogP contribution in [-0.4, -0.2) is 23.0 Å². The van der Waals surface area contributed by atoms with Crippen LogP contribution in [0.4, 0.5) is 4.39 Å². The van der Waals surface area contributed by atoms with Gasteiger partial charge in [-0.3, -0.25) is 4.90 Å². The summed E-state index contributed by atoms with van der Waals surface area (Å²) in [5, 5.41) is 0. The van der Waals surface area contributed by atoms with Crippen molar-refractivity contribution in [3.63, 3.8) is 0 Å². The Balaban J connectivity index is 2.83. The van der Waals surface area contributed by atoms with Gasteiger partial charge in [0.25, 0.3) is 0 Å². The summed E-state index contributed by atoms with van der Waals surface area (Å²) in [6.07, 6.45) is 4.70. The maximum Gasteiger partial charge on any atom is 0.123 e. The molecule has 0 amide bonds. The monoisotopic (exact) mass is 296 g/mol. The predicted molar refractivity (Wildman–Crippen MR) is 87.4 cm³/mol. The zero-order valence-electron chi connectivity index (χ0n) is 12.5. The summed E-state index contributed by atoms with van der Waals surface area (Å²) < 4.78 is 13.3. The molecule has 0 radical (unpaired) electrons. The lowest BCUT2D eigenvalue weighted by Crippen LogP contribution is -2.27. The minimum atomic E-state index is -0.287. The molecule has 112 valence electrons. The second-order valence-electron chi connectivity index (χ2n) is 5.15. The highest BCUT2D eigenvalue weighted by atomic mass is 32.1. The fourth-order valence-electron chi connectivity index (χ4n) is 2.19. The maximum atomic E-state index is 13.3. The molecule has 4 heteroatoms. The number of unbranched alkanes of at least 4 members (excludes halogenated alkanes) is 2. The fraction of sp³-hybridized carbons (Fsp3) is 0.562.